The molecule has 0 saturated heterocycles. The molecule has 0 spiro atoms. The van der Waals surface area contributed by atoms with Crippen LogP contribution in [0.15, 0.2) is 116 Å². The Balaban J connectivity index is 1.30. The molecule has 3 heterocycles. The van der Waals surface area contributed by atoms with Crippen molar-refractivity contribution in [3.63, 3.8) is 0 Å². The van der Waals surface area contributed by atoms with Crippen LogP contribution in [0.5, 0.6) is 0 Å². The van der Waals surface area contributed by atoms with Gasteiger partial charge in [0.15, 0.2) is 0 Å². The molecule has 8 heteroatoms. The summed E-state index contributed by atoms with van der Waals surface area (Å²) in [4.78, 5) is 29.3. The van der Waals surface area contributed by atoms with E-state index in [0.717, 1.165) is 52.5 Å². The number of aromatic nitrogens is 4. The highest BCUT2D eigenvalue weighted by molar-refractivity contribution is 5.93. The Bertz CT molecular complexity index is 1860. The molecule has 0 aliphatic carbocycles. The van der Waals surface area contributed by atoms with E-state index in [1.807, 2.05) is 102 Å². The van der Waals surface area contributed by atoms with Crippen LogP contribution in [0.1, 0.15) is 11.1 Å². The van der Waals surface area contributed by atoms with Crippen LogP contribution in [0.3, 0.4) is 0 Å². The first-order chi connectivity index (χ1) is 21.0. The number of carbonyl (C=O) groups excluding carboxylic acids is 1. The lowest BCUT2D eigenvalue weighted by Gasteiger charge is -2.12. The zero-order valence-corrected chi connectivity index (χ0v) is 24.2. The van der Waals surface area contributed by atoms with Crippen LogP contribution in [0.2, 0.25) is 0 Å². The SMILES string of the molecule is CN(C)CCc1cccc(Nc2nccc(-c3c(-c4cccc(NC(=O)Cc5ccccc5)c4)nc4ccccn34)n2)c1. The van der Waals surface area contributed by atoms with E-state index in [1.54, 1.807) is 6.20 Å². The van der Waals surface area contributed by atoms with Crippen molar-refractivity contribution in [3.05, 3.63) is 127 Å². The summed E-state index contributed by atoms with van der Waals surface area (Å²) in [6.07, 6.45) is 5.00. The smallest absolute Gasteiger partial charge is 0.228 e. The van der Waals surface area contributed by atoms with Crippen LogP contribution in [0.25, 0.3) is 28.3 Å². The number of benzene rings is 3. The second kappa shape index (κ2) is 12.7. The molecule has 0 radical (unpaired) electrons. The molecule has 0 aliphatic rings. The van der Waals surface area contributed by atoms with Crippen molar-refractivity contribution in [1.29, 1.82) is 0 Å². The number of hydrogen-bond acceptors (Lipinski definition) is 6. The van der Waals surface area contributed by atoms with Gasteiger partial charge < -0.3 is 15.5 Å². The van der Waals surface area contributed by atoms with Gasteiger partial charge in [-0.15, -0.1) is 0 Å². The molecule has 8 nitrogen and oxygen atoms in total. The predicted molar refractivity (Wildman–Crippen MR) is 172 cm³/mol. The molecule has 0 atom stereocenters. The van der Waals surface area contributed by atoms with Gasteiger partial charge >= 0.3 is 0 Å². The number of likely N-dealkylation sites (N-methyl/N-ethyl adjacent to an activating group) is 1. The first kappa shape index (κ1) is 27.8. The van der Waals surface area contributed by atoms with Crippen molar-refractivity contribution < 1.29 is 4.79 Å². The van der Waals surface area contributed by atoms with Gasteiger partial charge in [-0.1, -0.05) is 60.7 Å². The van der Waals surface area contributed by atoms with Gasteiger partial charge in [-0.3, -0.25) is 9.20 Å². The molecular weight excluding hydrogens is 534 g/mol. The number of carbonyl (C=O) groups is 1. The third-order valence-electron chi connectivity index (χ3n) is 7.09. The van der Waals surface area contributed by atoms with Crippen molar-refractivity contribution in [2.24, 2.45) is 0 Å². The lowest BCUT2D eigenvalue weighted by atomic mass is 10.1. The zero-order valence-electron chi connectivity index (χ0n) is 24.2. The molecule has 43 heavy (non-hydrogen) atoms. The maximum atomic E-state index is 12.8. The van der Waals surface area contributed by atoms with E-state index < -0.39 is 0 Å². The van der Waals surface area contributed by atoms with Crippen LogP contribution in [-0.4, -0.2) is 50.8 Å². The molecule has 0 saturated carbocycles. The summed E-state index contributed by atoms with van der Waals surface area (Å²) in [5.41, 5.74) is 7.86. The summed E-state index contributed by atoms with van der Waals surface area (Å²) >= 11 is 0. The summed E-state index contributed by atoms with van der Waals surface area (Å²) in [5.74, 6) is 0.428. The van der Waals surface area contributed by atoms with Gasteiger partial charge in [-0.05, 0) is 74.1 Å². The number of fused-ring (bicyclic) bond motifs is 1. The molecule has 2 N–H and O–H groups in total. The van der Waals surface area contributed by atoms with Gasteiger partial charge in [0.2, 0.25) is 11.9 Å². The molecule has 0 fully saturated rings. The first-order valence-electron chi connectivity index (χ1n) is 14.3. The van der Waals surface area contributed by atoms with E-state index in [2.05, 4.69) is 46.7 Å². The summed E-state index contributed by atoms with van der Waals surface area (Å²) in [6, 6.07) is 33.6. The second-order valence-corrected chi connectivity index (χ2v) is 10.7. The third-order valence-corrected chi connectivity index (χ3v) is 7.09. The highest BCUT2D eigenvalue weighted by Crippen LogP contribution is 2.33. The maximum Gasteiger partial charge on any atom is 0.228 e. The molecule has 0 unspecified atom stereocenters. The van der Waals surface area contributed by atoms with Crippen LogP contribution < -0.4 is 10.6 Å². The Kier molecular flexibility index (Phi) is 8.19. The summed E-state index contributed by atoms with van der Waals surface area (Å²) in [6.45, 7) is 0.977. The van der Waals surface area contributed by atoms with Gasteiger partial charge in [-0.2, -0.15) is 0 Å². The van der Waals surface area contributed by atoms with E-state index >= 15 is 0 Å². The number of amides is 1. The fourth-order valence-electron chi connectivity index (χ4n) is 5.01. The molecule has 6 rings (SSSR count). The fourth-order valence-corrected chi connectivity index (χ4v) is 5.01. The van der Waals surface area contributed by atoms with Gasteiger partial charge in [0.25, 0.3) is 0 Å². The molecule has 0 bridgehead atoms. The molecule has 6 aromatic rings. The van der Waals surface area contributed by atoms with E-state index in [-0.39, 0.29) is 5.91 Å². The number of rotatable bonds is 10. The van der Waals surface area contributed by atoms with Gasteiger partial charge in [0.05, 0.1) is 23.5 Å². The standard InChI is InChI=1S/C35H33N7O/c1-41(2)21-18-26-12-8-14-28(22-26)38-35-36-19-17-30(39-35)34-33(40-31-16-6-7-20-42(31)34)27-13-9-15-29(24-27)37-32(43)23-25-10-4-3-5-11-25/h3-17,19-20,22,24H,18,21,23H2,1-2H3,(H,37,43)(H,36,38,39). The van der Waals surface area contributed by atoms with Crippen molar-refractivity contribution >= 4 is 28.9 Å². The van der Waals surface area contributed by atoms with Gasteiger partial charge in [0.1, 0.15) is 5.65 Å². The molecular formula is C35H33N7O. The normalized spacial score (nSPS) is 11.1. The minimum Gasteiger partial charge on any atom is -0.326 e. The van der Waals surface area contributed by atoms with Crippen LogP contribution in [0, 0.1) is 0 Å². The lowest BCUT2D eigenvalue weighted by molar-refractivity contribution is -0.115. The number of anilines is 3. The summed E-state index contributed by atoms with van der Waals surface area (Å²) < 4.78 is 2.03. The lowest BCUT2D eigenvalue weighted by Crippen LogP contribution is -2.15. The van der Waals surface area contributed by atoms with E-state index in [0.29, 0.717) is 18.1 Å². The number of nitrogens with one attached hydrogen (secondary N) is 2. The number of imidazole rings is 1. The molecule has 214 valence electrons. The average Bonchev–Trinajstić information content (AvgIpc) is 3.41. The molecule has 0 aliphatic heterocycles. The Morgan fingerprint density at radius 3 is 2.47 bits per heavy atom. The zero-order chi connectivity index (χ0) is 29.6. The Hall–Kier alpha value is -5.34. The number of nitrogens with zero attached hydrogens (tertiary/aromatic N) is 5. The Morgan fingerprint density at radius 1 is 0.814 bits per heavy atom. The van der Waals surface area contributed by atoms with E-state index in [9.17, 15) is 4.79 Å². The van der Waals surface area contributed by atoms with Crippen molar-refractivity contribution in [2.45, 2.75) is 12.8 Å². The van der Waals surface area contributed by atoms with E-state index in [1.165, 1.54) is 5.56 Å². The van der Waals surface area contributed by atoms with Crippen LogP contribution in [0.4, 0.5) is 17.3 Å². The topological polar surface area (TPSA) is 87.5 Å². The average molecular weight is 568 g/mol. The molecule has 3 aromatic carbocycles. The quantitative estimate of drug-likeness (QED) is 0.197. The molecule has 3 aromatic heterocycles. The number of pyridine rings is 1. The number of hydrogen-bond donors (Lipinski definition) is 2. The maximum absolute atomic E-state index is 12.8. The Morgan fingerprint density at radius 2 is 1.60 bits per heavy atom. The van der Waals surface area contributed by atoms with Crippen molar-refractivity contribution in [3.8, 4) is 22.6 Å². The highest BCUT2D eigenvalue weighted by atomic mass is 16.1. The Labute approximate surface area is 251 Å². The van der Waals surface area contributed by atoms with Crippen LogP contribution >= 0.6 is 0 Å². The second-order valence-electron chi connectivity index (χ2n) is 10.7. The fraction of sp³-hybridized carbons (Fsp3) is 0.143. The predicted octanol–water partition coefficient (Wildman–Crippen LogP) is 6.49. The summed E-state index contributed by atoms with van der Waals surface area (Å²) in [7, 11) is 4.16. The van der Waals surface area contributed by atoms with Gasteiger partial charge in [0, 0.05) is 35.9 Å². The van der Waals surface area contributed by atoms with Gasteiger partial charge in [-0.25, -0.2) is 15.0 Å². The molecule has 1 amide bonds. The van der Waals surface area contributed by atoms with Crippen molar-refractivity contribution in [1.82, 2.24) is 24.3 Å². The minimum absolute atomic E-state index is 0.0733. The summed E-state index contributed by atoms with van der Waals surface area (Å²) in [5, 5.41) is 6.42. The largest absolute Gasteiger partial charge is 0.326 e. The first-order valence-corrected chi connectivity index (χ1v) is 14.3. The third kappa shape index (κ3) is 6.77. The van der Waals surface area contributed by atoms with E-state index in [4.69, 9.17) is 9.97 Å². The van der Waals surface area contributed by atoms with Crippen LogP contribution in [-0.2, 0) is 17.6 Å². The monoisotopic (exact) mass is 567 g/mol. The highest BCUT2D eigenvalue weighted by Gasteiger charge is 2.18. The van der Waals surface area contributed by atoms with Crippen molar-refractivity contribution in [2.75, 3.05) is 31.3 Å². The minimum atomic E-state index is -0.0733.